The van der Waals surface area contributed by atoms with Crippen LogP contribution in [0.25, 0.3) is 22.6 Å². The van der Waals surface area contributed by atoms with Gasteiger partial charge in [-0.15, -0.1) is 0 Å². The second kappa shape index (κ2) is 5.43. The maximum Gasteiger partial charge on any atom is 0.253 e. The second-order valence-corrected chi connectivity index (χ2v) is 4.62. The molecule has 0 saturated carbocycles. The highest BCUT2D eigenvalue weighted by Gasteiger charge is 2.18. The molecular weight excluding hydrogens is 270 g/mol. The molecule has 0 bridgehead atoms. The number of aromatic nitrogens is 1. The molecule has 0 spiro atoms. The van der Waals surface area contributed by atoms with Crippen molar-refractivity contribution >= 4 is 12.6 Å². The molecule has 3 rings (SSSR count). The third-order valence-corrected chi connectivity index (χ3v) is 3.21. The number of rotatable bonds is 3. The third kappa shape index (κ3) is 2.30. The van der Waals surface area contributed by atoms with Crippen molar-refractivity contribution in [3.05, 3.63) is 54.6 Å². The van der Waals surface area contributed by atoms with E-state index in [0.717, 1.165) is 22.6 Å². The van der Waals surface area contributed by atoms with Crippen LogP contribution in [0, 0.1) is 0 Å². The first-order valence-corrected chi connectivity index (χ1v) is 6.63. The normalized spacial score (nSPS) is 10.5. The van der Waals surface area contributed by atoms with Crippen molar-refractivity contribution in [2.75, 3.05) is 7.11 Å². The van der Waals surface area contributed by atoms with E-state index in [1.807, 2.05) is 54.6 Å². The van der Waals surface area contributed by atoms with Crippen LogP contribution in [0.4, 0.5) is 0 Å². The van der Waals surface area contributed by atoms with Gasteiger partial charge in [0.25, 0.3) is 5.22 Å². The minimum atomic E-state index is 0.338. The predicted molar refractivity (Wildman–Crippen MR) is 81.2 cm³/mol. The monoisotopic (exact) mass is 283 g/mol. The van der Waals surface area contributed by atoms with Crippen LogP contribution in [-0.2, 0) is 0 Å². The summed E-state index contributed by atoms with van der Waals surface area (Å²) in [5.74, 6) is 1.45. The van der Waals surface area contributed by atoms with E-state index < -0.39 is 0 Å². The van der Waals surface area contributed by atoms with Crippen LogP contribution < -0.4 is 4.74 Å². The van der Waals surface area contributed by atoms with Crippen molar-refractivity contribution < 1.29 is 9.15 Å². The number of ether oxygens (including phenoxy) is 1. The van der Waals surface area contributed by atoms with Crippen molar-refractivity contribution in [3.63, 3.8) is 0 Å². The van der Waals surface area contributed by atoms with E-state index in [0.29, 0.717) is 11.0 Å². The van der Waals surface area contributed by atoms with Gasteiger partial charge in [-0.1, -0.05) is 55.1 Å². The highest BCUT2D eigenvalue weighted by atomic mass is 32.1. The van der Waals surface area contributed by atoms with Gasteiger partial charge in [-0.25, -0.2) is 4.98 Å². The molecule has 0 radical (unpaired) electrons. The Hall–Kier alpha value is -2.20. The molecule has 100 valence electrons. The van der Waals surface area contributed by atoms with Crippen LogP contribution in [-0.4, -0.2) is 12.1 Å². The Morgan fingerprint density at radius 1 is 1.00 bits per heavy atom. The van der Waals surface area contributed by atoms with Crippen molar-refractivity contribution in [1.82, 2.24) is 4.98 Å². The number of oxazole rings is 1. The number of hydrogen-bond donors (Lipinski definition) is 1. The molecule has 1 heterocycles. The maximum absolute atomic E-state index is 5.65. The fraction of sp³-hybridized carbons (Fsp3) is 0.0625. The summed E-state index contributed by atoms with van der Waals surface area (Å²) >= 11 is 4.22. The number of thiol groups is 1. The smallest absolute Gasteiger partial charge is 0.253 e. The Balaban J connectivity index is 2.20. The standard InChI is InChI=1S/C16H13NO2S/c1-18-13-10-6-5-9-12(13)14-15(19-16(20)17-14)11-7-3-2-4-8-11/h2-10H,1H3,(H,17,20). The summed E-state index contributed by atoms with van der Waals surface area (Å²) in [7, 11) is 1.64. The molecule has 0 fully saturated rings. The van der Waals surface area contributed by atoms with Gasteiger partial charge >= 0.3 is 0 Å². The fourth-order valence-corrected chi connectivity index (χ4v) is 2.31. The Labute approximate surface area is 122 Å². The molecule has 0 amide bonds. The summed E-state index contributed by atoms with van der Waals surface area (Å²) in [6.45, 7) is 0. The number of hydrogen-bond acceptors (Lipinski definition) is 4. The molecule has 0 unspecified atom stereocenters. The Kier molecular flexibility index (Phi) is 3.48. The molecule has 1 aromatic heterocycles. The van der Waals surface area contributed by atoms with Crippen molar-refractivity contribution in [3.8, 4) is 28.3 Å². The summed E-state index contributed by atoms with van der Waals surface area (Å²) < 4.78 is 11.0. The van der Waals surface area contributed by atoms with Crippen LogP contribution in [0.3, 0.4) is 0 Å². The van der Waals surface area contributed by atoms with Gasteiger partial charge < -0.3 is 9.15 Å². The number of benzene rings is 2. The van der Waals surface area contributed by atoms with E-state index in [2.05, 4.69) is 17.6 Å². The SMILES string of the molecule is COc1ccccc1-c1nc(S)oc1-c1ccccc1. The minimum absolute atomic E-state index is 0.338. The summed E-state index contributed by atoms with van der Waals surface area (Å²) in [5.41, 5.74) is 2.58. The molecular formula is C16H13NO2S. The van der Waals surface area contributed by atoms with Gasteiger partial charge in [-0.05, 0) is 12.1 Å². The lowest BCUT2D eigenvalue weighted by molar-refractivity contribution is 0.416. The van der Waals surface area contributed by atoms with Crippen molar-refractivity contribution in [2.45, 2.75) is 5.22 Å². The van der Waals surface area contributed by atoms with Gasteiger partial charge in [0.15, 0.2) is 5.76 Å². The van der Waals surface area contributed by atoms with Gasteiger partial charge in [0, 0.05) is 11.1 Å². The molecule has 0 aliphatic rings. The summed E-state index contributed by atoms with van der Waals surface area (Å²) in [5, 5.41) is 0.338. The van der Waals surface area contributed by atoms with Gasteiger partial charge in [0.2, 0.25) is 0 Å². The Bertz CT molecular complexity index is 722. The van der Waals surface area contributed by atoms with Gasteiger partial charge in [-0.3, -0.25) is 0 Å². The first-order valence-electron chi connectivity index (χ1n) is 6.18. The first kappa shape index (κ1) is 12.8. The first-order chi connectivity index (χ1) is 9.79. The van der Waals surface area contributed by atoms with E-state index in [9.17, 15) is 0 Å². The van der Waals surface area contributed by atoms with Crippen LogP contribution in [0.2, 0.25) is 0 Å². The molecule has 0 aliphatic heterocycles. The predicted octanol–water partition coefficient (Wildman–Crippen LogP) is 4.31. The van der Waals surface area contributed by atoms with Crippen LogP contribution in [0.1, 0.15) is 0 Å². The molecule has 0 atom stereocenters. The van der Waals surface area contributed by atoms with E-state index >= 15 is 0 Å². The van der Waals surface area contributed by atoms with E-state index in [4.69, 9.17) is 9.15 Å². The van der Waals surface area contributed by atoms with Gasteiger partial charge in [-0.2, -0.15) is 0 Å². The molecule has 0 saturated heterocycles. The van der Waals surface area contributed by atoms with Crippen molar-refractivity contribution in [2.24, 2.45) is 0 Å². The zero-order valence-electron chi connectivity index (χ0n) is 10.9. The Morgan fingerprint density at radius 3 is 2.45 bits per heavy atom. The number of nitrogens with zero attached hydrogens (tertiary/aromatic N) is 1. The molecule has 4 heteroatoms. The van der Waals surface area contributed by atoms with Gasteiger partial charge in [0.1, 0.15) is 11.4 Å². The largest absolute Gasteiger partial charge is 0.496 e. The average molecular weight is 283 g/mol. The fourth-order valence-electron chi connectivity index (χ4n) is 2.12. The lowest BCUT2D eigenvalue weighted by atomic mass is 10.1. The molecule has 2 aromatic carbocycles. The zero-order chi connectivity index (χ0) is 13.9. The van der Waals surface area contributed by atoms with Crippen molar-refractivity contribution in [1.29, 1.82) is 0 Å². The van der Waals surface area contributed by atoms with E-state index in [1.54, 1.807) is 7.11 Å². The average Bonchev–Trinajstić information content (AvgIpc) is 2.90. The molecule has 3 nitrogen and oxygen atoms in total. The lowest BCUT2D eigenvalue weighted by Crippen LogP contribution is -1.89. The number of para-hydroxylation sites is 1. The molecule has 20 heavy (non-hydrogen) atoms. The lowest BCUT2D eigenvalue weighted by Gasteiger charge is -2.07. The van der Waals surface area contributed by atoms with E-state index in [1.165, 1.54) is 0 Å². The zero-order valence-corrected chi connectivity index (χ0v) is 11.8. The quantitative estimate of drug-likeness (QED) is 0.728. The van der Waals surface area contributed by atoms with Crippen LogP contribution in [0.5, 0.6) is 5.75 Å². The van der Waals surface area contributed by atoms with Crippen LogP contribution >= 0.6 is 12.6 Å². The molecule has 0 aliphatic carbocycles. The van der Waals surface area contributed by atoms with E-state index in [-0.39, 0.29) is 0 Å². The third-order valence-electron chi connectivity index (χ3n) is 3.01. The maximum atomic E-state index is 5.65. The molecule has 3 aromatic rings. The topological polar surface area (TPSA) is 35.3 Å². The van der Waals surface area contributed by atoms with Crippen LogP contribution in [0.15, 0.2) is 64.2 Å². The minimum Gasteiger partial charge on any atom is -0.496 e. The molecule has 0 N–H and O–H groups in total. The summed E-state index contributed by atoms with van der Waals surface area (Å²) in [4.78, 5) is 4.38. The second-order valence-electron chi connectivity index (χ2n) is 4.24. The highest BCUT2D eigenvalue weighted by Crippen LogP contribution is 2.37. The summed E-state index contributed by atoms with van der Waals surface area (Å²) in [6.07, 6.45) is 0. The van der Waals surface area contributed by atoms with Gasteiger partial charge in [0.05, 0.1) is 7.11 Å². The number of methoxy groups -OCH3 is 1. The Morgan fingerprint density at radius 2 is 1.70 bits per heavy atom. The summed E-state index contributed by atoms with van der Waals surface area (Å²) in [6, 6.07) is 17.6. The highest BCUT2D eigenvalue weighted by molar-refractivity contribution is 7.80.